The van der Waals surface area contributed by atoms with E-state index < -0.39 is 0 Å². The van der Waals surface area contributed by atoms with Crippen LogP contribution in [0.15, 0.2) is 59.7 Å². The largest absolute Gasteiger partial charge is 0.0619 e. The van der Waals surface area contributed by atoms with Crippen molar-refractivity contribution < 1.29 is 0 Å². The molecule has 0 spiro atoms. The first-order valence-electron chi connectivity index (χ1n) is 8.11. The molecule has 0 N–H and O–H groups in total. The Kier molecular flexibility index (Phi) is 2.75. The number of benzene rings is 2. The van der Waals surface area contributed by atoms with Gasteiger partial charge in [-0.1, -0.05) is 68.0 Å². The summed E-state index contributed by atoms with van der Waals surface area (Å²) >= 11 is 0. The highest BCUT2D eigenvalue weighted by Crippen LogP contribution is 2.51. The predicted octanol–water partition coefficient (Wildman–Crippen LogP) is 5.78. The molecule has 2 aromatic carbocycles. The molecule has 0 amide bonds. The van der Waals surface area contributed by atoms with Crippen LogP contribution in [0.5, 0.6) is 0 Å². The van der Waals surface area contributed by atoms with Gasteiger partial charge in [-0.3, -0.25) is 0 Å². The average molecular weight is 286 g/mol. The lowest BCUT2D eigenvalue weighted by Crippen LogP contribution is -2.15. The Morgan fingerprint density at radius 2 is 1.45 bits per heavy atom. The van der Waals surface area contributed by atoms with Crippen LogP contribution >= 0.6 is 0 Å². The molecular formula is C22H22. The normalized spacial score (nSPS) is 18.7. The third-order valence-corrected chi connectivity index (χ3v) is 5.73. The van der Waals surface area contributed by atoms with Crippen LogP contribution in [0.4, 0.5) is 0 Å². The molecule has 0 saturated heterocycles. The maximum absolute atomic E-state index is 2.35. The second-order valence-corrected chi connectivity index (χ2v) is 7.11. The lowest BCUT2D eigenvalue weighted by molar-refractivity contribution is 0.639. The Morgan fingerprint density at radius 3 is 2.18 bits per heavy atom. The van der Waals surface area contributed by atoms with E-state index in [0.29, 0.717) is 0 Å². The number of allylic oxidation sites excluding steroid dienone is 4. The summed E-state index contributed by atoms with van der Waals surface area (Å²) < 4.78 is 0. The van der Waals surface area contributed by atoms with Gasteiger partial charge in [0.15, 0.2) is 0 Å². The molecule has 0 aromatic heterocycles. The fourth-order valence-electron chi connectivity index (χ4n) is 4.15. The fraction of sp³-hybridized carbons (Fsp3) is 0.273. The van der Waals surface area contributed by atoms with Gasteiger partial charge >= 0.3 is 0 Å². The van der Waals surface area contributed by atoms with E-state index in [-0.39, 0.29) is 5.41 Å². The molecule has 0 fully saturated rings. The van der Waals surface area contributed by atoms with Crippen molar-refractivity contribution in [1.29, 1.82) is 0 Å². The summed E-state index contributed by atoms with van der Waals surface area (Å²) in [6.45, 7) is 9.31. The van der Waals surface area contributed by atoms with Crippen molar-refractivity contribution in [3.05, 3.63) is 81.9 Å². The summed E-state index contributed by atoms with van der Waals surface area (Å²) in [6.07, 6.45) is 1.07. The van der Waals surface area contributed by atoms with Gasteiger partial charge in [0.05, 0.1) is 0 Å². The second-order valence-electron chi connectivity index (χ2n) is 7.11. The van der Waals surface area contributed by atoms with Gasteiger partial charge in [-0.25, -0.2) is 0 Å². The second kappa shape index (κ2) is 4.46. The quantitative estimate of drug-likeness (QED) is 0.623. The maximum atomic E-state index is 2.35. The Hall–Kier alpha value is -2.08. The Labute approximate surface area is 133 Å². The van der Waals surface area contributed by atoms with Gasteiger partial charge < -0.3 is 0 Å². The van der Waals surface area contributed by atoms with Crippen molar-refractivity contribution >= 4 is 11.1 Å². The smallest absolute Gasteiger partial charge is 0.0118 e. The first kappa shape index (κ1) is 13.6. The molecule has 0 atom stereocenters. The SMILES string of the molecule is CC1=C(C2=C(C)C(C)(C)c3ccccc32)Cc2ccccc21. The molecule has 2 aliphatic rings. The van der Waals surface area contributed by atoms with Crippen molar-refractivity contribution in [2.75, 3.05) is 0 Å². The van der Waals surface area contributed by atoms with Gasteiger partial charge in [-0.15, -0.1) is 0 Å². The average Bonchev–Trinajstić information content (AvgIpc) is 2.94. The van der Waals surface area contributed by atoms with Crippen LogP contribution < -0.4 is 0 Å². The third kappa shape index (κ3) is 1.64. The van der Waals surface area contributed by atoms with E-state index in [1.54, 1.807) is 0 Å². The maximum Gasteiger partial charge on any atom is 0.0118 e. The van der Waals surface area contributed by atoms with E-state index in [4.69, 9.17) is 0 Å². The molecule has 0 bridgehead atoms. The van der Waals surface area contributed by atoms with Crippen molar-refractivity contribution in [3.8, 4) is 0 Å². The molecule has 0 nitrogen and oxygen atoms in total. The van der Waals surface area contributed by atoms with Crippen molar-refractivity contribution in [3.63, 3.8) is 0 Å². The zero-order valence-electron chi connectivity index (χ0n) is 13.8. The van der Waals surface area contributed by atoms with Crippen molar-refractivity contribution in [2.45, 2.75) is 39.5 Å². The van der Waals surface area contributed by atoms with E-state index in [0.717, 1.165) is 6.42 Å². The lowest BCUT2D eigenvalue weighted by Gasteiger charge is -2.22. The molecule has 0 heteroatoms. The summed E-state index contributed by atoms with van der Waals surface area (Å²) in [5.74, 6) is 0. The molecule has 0 heterocycles. The molecule has 0 radical (unpaired) electrons. The molecule has 110 valence electrons. The summed E-state index contributed by atoms with van der Waals surface area (Å²) in [7, 11) is 0. The zero-order chi connectivity index (χ0) is 15.5. The molecule has 2 aliphatic carbocycles. The Balaban J connectivity index is 1.95. The molecule has 0 saturated carbocycles. The van der Waals surface area contributed by atoms with Crippen LogP contribution in [0.2, 0.25) is 0 Å². The molecule has 2 aromatic rings. The van der Waals surface area contributed by atoms with E-state index in [9.17, 15) is 0 Å². The van der Waals surface area contributed by atoms with Gasteiger partial charge in [0.2, 0.25) is 0 Å². The highest BCUT2D eigenvalue weighted by Gasteiger charge is 2.37. The van der Waals surface area contributed by atoms with Crippen molar-refractivity contribution in [2.24, 2.45) is 0 Å². The van der Waals surface area contributed by atoms with E-state index in [1.165, 1.54) is 44.5 Å². The van der Waals surface area contributed by atoms with Crippen LogP contribution in [0.1, 0.15) is 49.9 Å². The molecule has 4 rings (SSSR count). The van der Waals surface area contributed by atoms with Crippen LogP contribution in [0, 0.1) is 0 Å². The van der Waals surface area contributed by atoms with E-state index in [2.05, 4.69) is 76.2 Å². The zero-order valence-corrected chi connectivity index (χ0v) is 13.8. The van der Waals surface area contributed by atoms with E-state index >= 15 is 0 Å². The van der Waals surface area contributed by atoms with Gasteiger partial charge in [0.1, 0.15) is 0 Å². The van der Waals surface area contributed by atoms with Gasteiger partial charge in [0.25, 0.3) is 0 Å². The third-order valence-electron chi connectivity index (χ3n) is 5.73. The molecule has 0 aliphatic heterocycles. The van der Waals surface area contributed by atoms with Crippen LogP contribution in [0.3, 0.4) is 0 Å². The molecule has 22 heavy (non-hydrogen) atoms. The minimum Gasteiger partial charge on any atom is -0.0619 e. The Morgan fingerprint density at radius 1 is 0.818 bits per heavy atom. The molecular weight excluding hydrogens is 264 g/mol. The first-order valence-corrected chi connectivity index (χ1v) is 8.11. The molecule has 0 unspecified atom stereocenters. The number of hydrogen-bond acceptors (Lipinski definition) is 0. The summed E-state index contributed by atoms with van der Waals surface area (Å²) in [6, 6.07) is 17.8. The minimum absolute atomic E-state index is 0.133. The van der Waals surface area contributed by atoms with E-state index in [1.807, 2.05) is 0 Å². The van der Waals surface area contributed by atoms with Crippen LogP contribution in [0.25, 0.3) is 11.1 Å². The fourth-order valence-corrected chi connectivity index (χ4v) is 4.15. The standard InChI is InChI=1S/C22H22/c1-14-17-10-6-5-9-16(17)13-19(14)21-15(2)22(3,4)20-12-8-7-11-18(20)21/h5-12H,13H2,1-4H3. The predicted molar refractivity (Wildman–Crippen MR) is 94.8 cm³/mol. The topological polar surface area (TPSA) is 0 Å². The highest BCUT2D eigenvalue weighted by molar-refractivity contribution is 5.97. The minimum atomic E-state index is 0.133. The van der Waals surface area contributed by atoms with Crippen LogP contribution in [-0.4, -0.2) is 0 Å². The van der Waals surface area contributed by atoms with Gasteiger partial charge in [0, 0.05) is 5.41 Å². The van der Waals surface area contributed by atoms with Crippen LogP contribution in [-0.2, 0) is 11.8 Å². The van der Waals surface area contributed by atoms with Gasteiger partial charge in [-0.05, 0) is 59.2 Å². The number of fused-ring (bicyclic) bond motifs is 2. The summed E-state index contributed by atoms with van der Waals surface area (Å²) in [4.78, 5) is 0. The highest BCUT2D eigenvalue weighted by atomic mass is 14.4. The lowest BCUT2D eigenvalue weighted by atomic mass is 9.82. The van der Waals surface area contributed by atoms with Crippen molar-refractivity contribution in [1.82, 2.24) is 0 Å². The summed E-state index contributed by atoms with van der Waals surface area (Å²) in [5, 5.41) is 0. The monoisotopic (exact) mass is 286 g/mol. The number of hydrogen-bond donors (Lipinski definition) is 0. The van der Waals surface area contributed by atoms with Gasteiger partial charge in [-0.2, -0.15) is 0 Å². The number of rotatable bonds is 1. The Bertz CT molecular complexity index is 844. The summed E-state index contributed by atoms with van der Waals surface area (Å²) in [5.41, 5.74) is 11.9. The first-order chi connectivity index (χ1) is 10.5.